The Morgan fingerprint density at radius 2 is 2.18 bits per heavy atom. The van der Waals surface area contributed by atoms with Gasteiger partial charge in [-0.15, -0.1) is 0 Å². The Morgan fingerprint density at radius 1 is 1.47 bits per heavy atom. The summed E-state index contributed by atoms with van der Waals surface area (Å²) in [5.74, 6) is 0.751. The zero-order valence-electron chi connectivity index (χ0n) is 10.5. The third-order valence-electron chi connectivity index (χ3n) is 3.80. The van der Waals surface area contributed by atoms with E-state index in [2.05, 4.69) is 19.2 Å². The quantitative estimate of drug-likeness (QED) is 0.701. The van der Waals surface area contributed by atoms with E-state index >= 15 is 0 Å². The van der Waals surface area contributed by atoms with Gasteiger partial charge in [0.1, 0.15) is 5.75 Å². The van der Waals surface area contributed by atoms with Crippen LogP contribution < -0.4 is 15.8 Å². The van der Waals surface area contributed by atoms with Crippen LogP contribution in [0.3, 0.4) is 0 Å². The molecule has 2 atom stereocenters. The van der Waals surface area contributed by atoms with Gasteiger partial charge in [-0.05, 0) is 18.6 Å². The maximum absolute atomic E-state index is 9.68. The lowest BCUT2D eigenvalue weighted by Gasteiger charge is -2.50. The molecule has 1 aliphatic rings. The first-order valence-corrected chi connectivity index (χ1v) is 5.83. The highest BCUT2D eigenvalue weighted by Crippen LogP contribution is 2.43. The van der Waals surface area contributed by atoms with Crippen LogP contribution in [0.4, 0.5) is 11.4 Å². The SMILES string of the molecule is COc1ccc(NC2CC(O)C2(C)C)c(N)c1. The Bertz CT molecular complexity index is 418. The Labute approximate surface area is 102 Å². The first-order chi connectivity index (χ1) is 7.95. The predicted molar refractivity (Wildman–Crippen MR) is 69.2 cm³/mol. The topological polar surface area (TPSA) is 67.5 Å². The summed E-state index contributed by atoms with van der Waals surface area (Å²) in [6.07, 6.45) is 0.526. The molecule has 17 heavy (non-hydrogen) atoms. The molecule has 2 rings (SSSR count). The van der Waals surface area contributed by atoms with Gasteiger partial charge in [0.25, 0.3) is 0 Å². The number of aliphatic hydroxyl groups excluding tert-OH is 1. The van der Waals surface area contributed by atoms with E-state index in [9.17, 15) is 5.11 Å². The van der Waals surface area contributed by atoms with Gasteiger partial charge in [0.05, 0.1) is 24.6 Å². The minimum absolute atomic E-state index is 0.105. The molecule has 1 aliphatic carbocycles. The zero-order valence-corrected chi connectivity index (χ0v) is 10.5. The van der Waals surface area contributed by atoms with Gasteiger partial charge in [-0.2, -0.15) is 0 Å². The van der Waals surface area contributed by atoms with Crippen molar-refractivity contribution in [2.24, 2.45) is 5.41 Å². The lowest BCUT2D eigenvalue weighted by Crippen LogP contribution is -2.56. The molecule has 1 aromatic carbocycles. The number of methoxy groups -OCH3 is 1. The summed E-state index contributed by atoms with van der Waals surface area (Å²) in [5.41, 5.74) is 7.40. The molecule has 4 N–H and O–H groups in total. The third kappa shape index (κ3) is 2.05. The van der Waals surface area contributed by atoms with Crippen molar-refractivity contribution in [3.8, 4) is 5.75 Å². The Kier molecular flexibility index (Phi) is 2.91. The molecule has 1 saturated carbocycles. The number of benzene rings is 1. The van der Waals surface area contributed by atoms with Crippen LogP contribution in [0.25, 0.3) is 0 Å². The molecule has 4 heteroatoms. The smallest absolute Gasteiger partial charge is 0.121 e. The first-order valence-electron chi connectivity index (χ1n) is 5.83. The summed E-state index contributed by atoms with van der Waals surface area (Å²) in [5, 5.41) is 13.1. The predicted octanol–water partition coefficient (Wildman–Crippen LogP) is 1.85. The van der Waals surface area contributed by atoms with E-state index in [1.807, 2.05) is 12.1 Å². The lowest BCUT2D eigenvalue weighted by atomic mass is 9.64. The maximum atomic E-state index is 9.68. The minimum Gasteiger partial charge on any atom is -0.497 e. The van der Waals surface area contributed by atoms with Crippen molar-refractivity contribution in [3.05, 3.63) is 18.2 Å². The first kappa shape index (κ1) is 12.0. The Balaban J connectivity index is 2.10. The fraction of sp³-hybridized carbons (Fsp3) is 0.538. The van der Waals surface area contributed by atoms with Crippen LogP contribution in [0.5, 0.6) is 5.75 Å². The second-order valence-electron chi connectivity index (χ2n) is 5.22. The van der Waals surface area contributed by atoms with E-state index in [0.717, 1.165) is 17.9 Å². The summed E-state index contributed by atoms with van der Waals surface area (Å²) in [6, 6.07) is 5.84. The number of hydrogen-bond acceptors (Lipinski definition) is 4. The van der Waals surface area contributed by atoms with E-state index in [-0.39, 0.29) is 17.6 Å². The van der Waals surface area contributed by atoms with Crippen LogP contribution in [-0.4, -0.2) is 24.4 Å². The number of anilines is 2. The van der Waals surface area contributed by atoms with Crippen LogP contribution in [0, 0.1) is 5.41 Å². The number of hydrogen-bond donors (Lipinski definition) is 3. The molecular formula is C13H20N2O2. The molecule has 1 fully saturated rings. The van der Waals surface area contributed by atoms with Gasteiger partial charge in [-0.1, -0.05) is 13.8 Å². The highest BCUT2D eigenvalue weighted by Gasteiger charge is 2.47. The van der Waals surface area contributed by atoms with Crippen molar-refractivity contribution < 1.29 is 9.84 Å². The van der Waals surface area contributed by atoms with E-state index in [0.29, 0.717) is 5.69 Å². The van der Waals surface area contributed by atoms with E-state index in [1.54, 1.807) is 13.2 Å². The molecule has 0 amide bonds. The largest absolute Gasteiger partial charge is 0.497 e. The number of nitrogens with two attached hydrogens (primary N) is 1. The highest BCUT2D eigenvalue weighted by atomic mass is 16.5. The van der Waals surface area contributed by atoms with Crippen molar-refractivity contribution in [1.29, 1.82) is 0 Å². The molecule has 0 radical (unpaired) electrons. The second-order valence-corrected chi connectivity index (χ2v) is 5.22. The van der Waals surface area contributed by atoms with Gasteiger partial charge in [0.15, 0.2) is 0 Å². The zero-order chi connectivity index (χ0) is 12.6. The van der Waals surface area contributed by atoms with Crippen LogP contribution in [-0.2, 0) is 0 Å². The summed E-state index contributed by atoms with van der Waals surface area (Å²) < 4.78 is 5.11. The maximum Gasteiger partial charge on any atom is 0.121 e. The van der Waals surface area contributed by atoms with Crippen LogP contribution in [0.15, 0.2) is 18.2 Å². The molecule has 94 valence electrons. The average Bonchev–Trinajstić information content (AvgIpc) is 2.30. The lowest BCUT2D eigenvalue weighted by molar-refractivity contribution is -0.0510. The molecule has 0 heterocycles. The number of rotatable bonds is 3. The van der Waals surface area contributed by atoms with Crippen molar-refractivity contribution in [2.45, 2.75) is 32.4 Å². The second kappa shape index (κ2) is 4.11. The van der Waals surface area contributed by atoms with E-state index in [1.165, 1.54) is 0 Å². The number of ether oxygens (including phenoxy) is 1. The van der Waals surface area contributed by atoms with Gasteiger partial charge in [0, 0.05) is 17.5 Å². The van der Waals surface area contributed by atoms with Crippen LogP contribution >= 0.6 is 0 Å². The molecule has 0 saturated heterocycles. The summed E-state index contributed by atoms with van der Waals surface area (Å²) >= 11 is 0. The van der Waals surface area contributed by atoms with E-state index < -0.39 is 0 Å². The summed E-state index contributed by atoms with van der Waals surface area (Å²) in [7, 11) is 1.62. The molecule has 0 aromatic heterocycles. The molecule has 0 bridgehead atoms. The molecule has 1 aromatic rings. The molecule has 0 spiro atoms. The summed E-state index contributed by atoms with van der Waals surface area (Å²) in [6.45, 7) is 4.11. The van der Waals surface area contributed by atoms with Gasteiger partial charge in [-0.3, -0.25) is 0 Å². The van der Waals surface area contributed by atoms with Crippen LogP contribution in [0.1, 0.15) is 20.3 Å². The van der Waals surface area contributed by atoms with Crippen LogP contribution in [0.2, 0.25) is 0 Å². The van der Waals surface area contributed by atoms with E-state index in [4.69, 9.17) is 10.5 Å². The van der Waals surface area contributed by atoms with Gasteiger partial charge in [-0.25, -0.2) is 0 Å². The van der Waals surface area contributed by atoms with Crippen molar-refractivity contribution >= 4 is 11.4 Å². The van der Waals surface area contributed by atoms with Crippen molar-refractivity contribution in [3.63, 3.8) is 0 Å². The standard InChI is InChI=1S/C13H20N2O2/c1-13(2)11(7-12(13)16)15-10-5-4-8(17-3)6-9(10)14/h4-6,11-12,15-16H,7,14H2,1-3H3. The van der Waals surface area contributed by atoms with Crippen molar-refractivity contribution in [2.75, 3.05) is 18.2 Å². The Morgan fingerprint density at radius 3 is 2.65 bits per heavy atom. The number of nitrogen functional groups attached to an aromatic ring is 1. The normalized spacial score (nSPS) is 26.1. The van der Waals surface area contributed by atoms with Crippen molar-refractivity contribution in [1.82, 2.24) is 0 Å². The molecular weight excluding hydrogens is 216 g/mol. The average molecular weight is 236 g/mol. The third-order valence-corrected chi connectivity index (χ3v) is 3.80. The number of nitrogens with one attached hydrogen (secondary N) is 1. The fourth-order valence-electron chi connectivity index (χ4n) is 2.13. The van der Waals surface area contributed by atoms with Gasteiger partial charge < -0.3 is 20.9 Å². The fourth-order valence-corrected chi connectivity index (χ4v) is 2.13. The minimum atomic E-state index is -0.237. The van der Waals surface area contributed by atoms with Gasteiger partial charge >= 0.3 is 0 Å². The molecule has 4 nitrogen and oxygen atoms in total. The molecule has 0 aliphatic heterocycles. The Hall–Kier alpha value is -1.42. The van der Waals surface area contributed by atoms with Gasteiger partial charge in [0.2, 0.25) is 0 Å². The highest BCUT2D eigenvalue weighted by molar-refractivity contribution is 5.68. The monoisotopic (exact) mass is 236 g/mol. The summed E-state index contributed by atoms with van der Waals surface area (Å²) in [4.78, 5) is 0. The molecule has 2 unspecified atom stereocenters. The number of aliphatic hydroxyl groups is 1.